The summed E-state index contributed by atoms with van der Waals surface area (Å²) in [5.41, 5.74) is 3.22. The summed E-state index contributed by atoms with van der Waals surface area (Å²) in [7, 11) is 0. The largest absolute Gasteiger partial charge is 0.457 e. The number of fused-ring (bicyclic) bond motifs is 2. The zero-order chi connectivity index (χ0) is 28.2. The van der Waals surface area contributed by atoms with E-state index in [9.17, 15) is 9.59 Å². The summed E-state index contributed by atoms with van der Waals surface area (Å²) in [4.78, 5) is 32.2. The number of halogens is 3. The summed E-state index contributed by atoms with van der Waals surface area (Å²) < 4.78 is 7.21. The van der Waals surface area contributed by atoms with Gasteiger partial charge in [-0.25, -0.2) is 0 Å². The number of amides is 2. The molecule has 3 aromatic carbocycles. The molecule has 0 saturated carbocycles. The molecule has 40 heavy (non-hydrogen) atoms. The van der Waals surface area contributed by atoms with Crippen LogP contribution in [-0.2, 0) is 15.0 Å². The number of piperidine rings is 1. The van der Waals surface area contributed by atoms with Crippen molar-refractivity contribution < 1.29 is 14.3 Å². The highest BCUT2D eigenvalue weighted by atomic mass is 79.9. The third-order valence-corrected chi connectivity index (χ3v) is 8.53. The summed E-state index contributed by atoms with van der Waals surface area (Å²) in [6.07, 6.45) is 0.0965. The van der Waals surface area contributed by atoms with Crippen LogP contribution >= 0.6 is 39.1 Å². The van der Waals surface area contributed by atoms with Gasteiger partial charge in [-0.15, -0.1) is 0 Å². The Kier molecular flexibility index (Phi) is 6.85. The third-order valence-electron chi connectivity index (χ3n) is 7.57. The lowest BCUT2D eigenvalue weighted by molar-refractivity contribution is -0.131. The summed E-state index contributed by atoms with van der Waals surface area (Å²) in [6, 6.07) is 21.2. The first kappa shape index (κ1) is 26.8. The Bertz CT molecular complexity index is 1670. The minimum atomic E-state index is -1.22. The molecule has 0 bridgehead atoms. The molecule has 1 unspecified atom stereocenters. The minimum Gasteiger partial charge on any atom is -0.457 e. The van der Waals surface area contributed by atoms with Crippen LogP contribution in [0.2, 0.25) is 10.0 Å². The van der Waals surface area contributed by atoms with Gasteiger partial charge in [0.05, 0.1) is 6.04 Å². The van der Waals surface area contributed by atoms with Crippen LogP contribution < -0.4 is 15.4 Å². The molecule has 4 aromatic rings. The van der Waals surface area contributed by atoms with Crippen LogP contribution in [0.25, 0.3) is 0 Å². The number of nitrogens with zero attached hydrogens (tertiary/aromatic N) is 1. The van der Waals surface area contributed by atoms with Crippen molar-refractivity contribution in [3.05, 3.63) is 115 Å². The molecule has 6 nitrogen and oxygen atoms in total. The number of rotatable bonds is 4. The molecule has 1 saturated heterocycles. The quantitative estimate of drug-likeness (QED) is 0.240. The molecule has 2 amide bonds. The molecular formula is C31H24BrCl2N3O3. The van der Waals surface area contributed by atoms with Crippen LogP contribution in [0.3, 0.4) is 0 Å². The Hall–Kier alpha value is -3.39. The number of hydrogen-bond donors (Lipinski definition) is 2. The number of benzene rings is 3. The van der Waals surface area contributed by atoms with E-state index in [0.29, 0.717) is 32.8 Å². The summed E-state index contributed by atoms with van der Waals surface area (Å²) >= 11 is 16.4. The molecule has 2 N–H and O–H groups in total. The van der Waals surface area contributed by atoms with Gasteiger partial charge in [-0.3, -0.25) is 14.6 Å². The Morgan fingerprint density at radius 3 is 2.45 bits per heavy atom. The van der Waals surface area contributed by atoms with Gasteiger partial charge in [0.2, 0.25) is 11.8 Å². The highest BCUT2D eigenvalue weighted by Crippen LogP contribution is 2.58. The van der Waals surface area contributed by atoms with Crippen molar-refractivity contribution in [2.45, 2.75) is 37.6 Å². The molecule has 0 aliphatic carbocycles. The highest BCUT2D eigenvalue weighted by Gasteiger charge is 2.61. The highest BCUT2D eigenvalue weighted by molar-refractivity contribution is 9.10. The van der Waals surface area contributed by atoms with E-state index < -0.39 is 17.4 Å². The maximum absolute atomic E-state index is 14.3. The molecule has 0 radical (unpaired) electrons. The Labute approximate surface area is 250 Å². The zero-order valence-corrected chi connectivity index (χ0v) is 24.7. The Morgan fingerprint density at radius 1 is 0.950 bits per heavy atom. The minimum absolute atomic E-state index is 0.0965. The number of aromatic nitrogens is 1. The molecule has 202 valence electrons. The van der Waals surface area contributed by atoms with E-state index in [2.05, 4.69) is 31.5 Å². The Morgan fingerprint density at radius 2 is 1.70 bits per heavy atom. The van der Waals surface area contributed by atoms with Gasteiger partial charge in [0.1, 0.15) is 16.9 Å². The predicted octanol–water partition coefficient (Wildman–Crippen LogP) is 7.79. The van der Waals surface area contributed by atoms with E-state index >= 15 is 0 Å². The topological polar surface area (TPSA) is 80.3 Å². The van der Waals surface area contributed by atoms with Gasteiger partial charge in [0.15, 0.2) is 0 Å². The van der Waals surface area contributed by atoms with E-state index in [1.165, 1.54) is 0 Å². The normalized spacial score (nSPS) is 21.6. The monoisotopic (exact) mass is 635 g/mol. The number of carbonyl (C=O) groups excluding carboxylic acids is 2. The second-order valence-electron chi connectivity index (χ2n) is 10.2. The van der Waals surface area contributed by atoms with Crippen molar-refractivity contribution in [3.8, 4) is 11.5 Å². The van der Waals surface area contributed by atoms with Crippen molar-refractivity contribution in [2.24, 2.45) is 0 Å². The fourth-order valence-electron chi connectivity index (χ4n) is 6.09. The maximum atomic E-state index is 14.3. The summed E-state index contributed by atoms with van der Waals surface area (Å²) in [6.45, 7) is 3.80. The first-order chi connectivity index (χ1) is 19.1. The van der Waals surface area contributed by atoms with Gasteiger partial charge in [-0.1, -0.05) is 57.3 Å². The molecule has 3 atom stereocenters. The van der Waals surface area contributed by atoms with Crippen LogP contribution in [0, 0.1) is 13.8 Å². The average Bonchev–Trinajstić information content (AvgIpc) is 3.16. The number of carbonyl (C=O) groups is 2. The van der Waals surface area contributed by atoms with Crippen LogP contribution in [0.1, 0.15) is 46.5 Å². The Balaban J connectivity index is 1.60. The number of ether oxygens (including phenoxy) is 1. The van der Waals surface area contributed by atoms with E-state index in [0.717, 1.165) is 27.0 Å². The van der Waals surface area contributed by atoms with E-state index in [4.69, 9.17) is 27.9 Å². The zero-order valence-electron chi connectivity index (χ0n) is 21.6. The first-order valence-electron chi connectivity index (χ1n) is 12.7. The van der Waals surface area contributed by atoms with Gasteiger partial charge >= 0.3 is 0 Å². The summed E-state index contributed by atoms with van der Waals surface area (Å²) in [5.74, 6) is 0.183. The standard InChI is InChI=1S/C31H24BrCl2N3O3/c1-16-10-22(11-17(2)35-16)40-27-9-6-19(32)13-23(27)29-31(24-8-7-21(34)14-26(24)36-30(31)39)25(15-28(38)37-29)18-4-3-5-20(33)12-18/h3-14,25,29H,15H2,1-2H3,(H,36,39)(H,37,38)/t25-,29+,31?/m0/s1. The molecule has 2 aliphatic heterocycles. The lowest BCUT2D eigenvalue weighted by Crippen LogP contribution is -2.56. The van der Waals surface area contributed by atoms with Crippen LogP contribution in [0.4, 0.5) is 5.69 Å². The molecule has 2 aliphatic rings. The molecule has 6 rings (SSSR count). The van der Waals surface area contributed by atoms with E-state index in [1.54, 1.807) is 18.2 Å². The van der Waals surface area contributed by atoms with Crippen LogP contribution in [0.15, 0.2) is 77.3 Å². The number of pyridine rings is 1. The number of aryl methyl sites for hydroxylation is 2. The number of anilines is 1. The molecule has 1 spiro atoms. The van der Waals surface area contributed by atoms with Crippen molar-refractivity contribution in [3.63, 3.8) is 0 Å². The molecule has 9 heteroatoms. The predicted molar refractivity (Wildman–Crippen MR) is 159 cm³/mol. The van der Waals surface area contributed by atoms with Gasteiger partial charge in [0.25, 0.3) is 0 Å². The SMILES string of the molecule is Cc1cc(Oc2ccc(Br)cc2[C@H]2NC(=O)C[C@@H](c3cccc(Cl)c3)C23C(=O)Nc2cc(Cl)ccc23)cc(C)n1. The first-order valence-corrected chi connectivity index (χ1v) is 14.3. The molecule has 1 aromatic heterocycles. The summed E-state index contributed by atoms with van der Waals surface area (Å²) in [5, 5.41) is 7.25. The van der Waals surface area contributed by atoms with Crippen LogP contribution in [-0.4, -0.2) is 16.8 Å². The second kappa shape index (κ2) is 10.2. The lowest BCUT2D eigenvalue weighted by Gasteiger charge is -2.46. The maximum Gasteiger partial charge on any atom is 0.238 e. The fourth-order valence-corrected chi connectivity index (χ4v) is 6.84. The van der Waals surface area contributed by atoms with Crippen LogP contribution in [0.5, 0.6) is 11.5 Å². The van der Waals surface area contributed by atoms with Crippen molar-refractivity contribution in [1.82, 2.24) is 10.3 Å². The van der Waals surface area contributed by atoms with Crippen molar-refractivity contribution in [2.75, 3.05) is 5.32 Å². The van der Waals surface area contributed by atoms with Gasteiger partial charge < -0.3 is 15.4 Å². The lowest BCUT2D eigenvalue weighted by atomic mass is 9.59. The molecule has 3 heterocycles. The number of nitrogens with one attached hydrogen (secondary N) is 2. The van der Waals surface area contributed by atoms with Crippen molar-refractivity contribution >= 4 is 56.6 Å². The number of hydrogen-bond acceptors (Lipinski definition) is 4. The third kappa shape index (κ3) is 4.56. The van der Waals surface area contributed by atoms with Crippen molar-refractivity contribution in [1.29, 1.82) is 0 Å². The van der Waals surface area contributed by atoms with E-state index in [1.807, 2.05) is 68.4 Å². The average molecular weight is 637 g/mol. The fraction of sp³-hybridized carbons (Fsp3) is 0.194. The smallest absolute Gasteiger partial charge is 0.238 e. The van der Waals surface area contributed by atoms with Gasteiger partial charge in [-0.2, -0.15) is 0 Å². The van der Waals surface area contributed by atoms with E-state index in [-0.39, 0.29) is 18.2 Å². The van der Waals surface area contributed by atoms with Gasteiger partial charge in [-0.05, 0) is 67.4 Å². The molecular weight excluding hydrogens is 613 g/mol. The molecule has 1 fully saturated rings. The second-order valence-corrected chi connectivity index (χ2v) is 12.0. The van der Waals surface area contributed by atoms with Gasteiger partial charge in [0, 0.05) is 61.6 Å².